The second-order valence-electron chi connectivity index (χ2n) is 3.72. The van der Waals surface area contributed by atoms with Crippen molar-refractivity contribution in [2.75, 3.05) is 26.9 Å². The maximum atomic E-state index is 12.1. The fourth-order valence-corrected chi connectivity index (χ4v) is 1.16. The molecule has 0 aliphatic carbocycles. The number of alkyl halides is 3. The topological polar surface area (TPSA) is 77.6 Å². The Balaban J connectivity index is 2.32. The minimum Gasteiger partial charge on any atom is -0.383 e. The van der Waals surface area contributed by atoms with Crippen LogP contribution >= 0.6 is 0 Å². The van der Waals surface area contributed by atoms with Gasteiger partial charge in [0.15, 0.2) is 11.9 Å². The molecule has 0 fully saturated rings. The third kappa shape index (κ3) is 5.99. The molecule has 9 heteroatoms. The summed E-state index contributed by atoms with van der Waals surface area (Å²) in [4.78, 5) is 3.73. The van der Waals surface area contributed by atoms with Gasteiger partial charge < -0.3 is 19.1 Å². The van der Waals surface area contributed by atoms with Crippen molar-refractivity contribution in [1.29, 1.82) is 0 Å². The van der Waals surface area contributed by atoms with Crippen LogP contribution in [0.2, 0.25) is 0 Å². The molecule has 1 aromatic rings. The molecule has 1 aromatic heterocycles. The molecule has 1 N–H and O–H groups in total. The van der Waals surface area contributed by atoms with Gasteiger partial charge in [0.2, 0.25) is 5.89 Å². The zero-order valence-electron chi connectivity index (χ0n) is 10.3. The predicted octanol–water partition coefficient (Wildman–Crippen LogP) is 0.741. The van der Waals surface area contributed by atoms with E-state index in [1.807, 2.05) is 0 Å². The highest BCUT2D eigenvalue weighted by Gasteiger charge is 2.39. The lowest BCUT2D eigenvalue weighted by Crippen LogP contribution is -2.30. The maximum Gasteiger partial charge on any atom is 0.414 e. The first-order valence-electron chi connectivity index (χ1n) is 5.56. The summed E-state index contributed by atoms with van der Waals surface area (Å²) in [7, 11) is 1.54. The molecule has 0 saturated carbocycles. The number of hydrogen-bond acceptors (Lipinski definition) is 6. The summed E-state index contributed by atoms with van der Waals surface area (Å²) in [5, 5.41) is 12.3. The Hall–Kier alpha value is -1.19. The quantitative estimate of drug-likeness (QED) is 0.709. The fourth-order valence-electron chi connectivity index (χ4n) is 1.16. The van der Waals surface area contributed by atoms with Gasteiger partial charge in [0, 0.05) is 13.5 Å². The van der Waals surface area contributed by atoms with E-state index in [0.29, 0.717) is 26.2 Å². The summed E-state index contributed by atoms with van der Waals surface area (Å²) in [5.74, 6) is -0.0153. The van der Waals surface area contributed by atoms with Crippen molar-refractivity contribution in [3.05, 3.63) is 11.7 Å². The molecule has 0 amide bonds. The molecule has 1 unspecified atom stereocenters. The number of rotatable bonds is 8. The van der Waals surface area contributed by atoms with Crippen molar-refractivity contribution in [3.63, 3.8) is 0 Å². The van der Waals surface area contributed by atoms with Gasteiger partial charge in [0.1, 0.15) is 0 Å². The minimum atomic E-state index is -4.70. The highest BCUT2D eigenvalue weighted by Crippen LogP contribution is 2.22. The molecule has 19 heavy (non-hydrogen) atoms. The van der Waals surface area contributed by atoms with E-state index in [0.717, 1.165) is 0 Å². The van der Waals surface area contributed by atoms with Gasteiger partial charge in [-0.25, -0.2) is 0 Å². The first-order valence-corrected chi connectivity index (χ1v) is 5.56. The first kappa shape index (κ1) is 15.9. The molecule has 0 spiro atoms. The minimum absolute atomic E-state index is 0.238. The Morgan fingerprint density at radius 3 is 2.68 bits per heavy atom. The Morgan fingerprint density at radius 1 is 1.32 bits per heavy atom. The molecule has 0 aliphatic rings. The Morgan fingerprint density at radius 2 is 2.05 bits per heavy atom. The van der Waals surface area contributed by atoms with Crippen LogP contribution in [-0.2, 0) is 22.3 Å². The zero-order valence-corrected chi connectivity index (χ0v) is 10.3. The van der Waals surface area contributed by atoms with Crippen LogP contribution in [0.25, 0.3) is 0 Å². The van der Waals surface area contributed by atoms with Crippen molar-refractivity contribution in [1.82, 2.24) is 10.1 Å². The number of halogens is 3. The second-order valence-corrected chi connectivity index (χ2v) is 3.72. The zero-order chi connectivity index (χ0) is 14.3. The molecule has 1 rings (SSSR count). The Kier molecular flexibility index (Phi) is 6.19. The molecule has 0 saturated heterocycles. The Labute approximate surface area is 107 Å². The third-order valence-corrected chi connectivity index (χ3v) is 2.16. The standard InChI is InChI=1S/C10H15F3N2O4/c1-17-4-5-18-3-2-8-14-9(19-15-8)6-7(16)10(11,12)13/h7,16H,2-6H2,1H3. The molecule has 0 aliphatic heterocycles. The summed E-state index contributed by atoms with van der Waals surface area (Å²) in [5.41, 5.74) is 0. The van der Waals surface area contributed by atoms with Crippen LogP contribution in [0.3, 0.4) is 0 Å². The molecule has 110 valence electrons. The summed E-state index contributed by atoms with van der Waals surface area (Å²) in [6, 6.07) is 0. The molecule has 0 bridgehead atoms. The maximum absolute atomic E-state index is 12.1. The SMILES string of the molecule is COCCOCCc1noc(CC(O)C(F)(F)F)n1. The number of nitrogens with zero attached hydrogens (tertiary/aromatic N) is 2. The monoisotopic (exact) mass is 284 g/mol. The molecule has 0 aromatic carbocycles. The van der Waals surface area contributed by atoms with Gasteiger partial charge in [0.05, 0.1) is 26.2 Å². The van der Waals surface area contributed by atoms with Gasteiger partial charge in [0.25, 0.3) is 0 Å². The number of ether oxygens (including phenoxy) is 2. The van der Waals surface area contributed by atoms with Gasteiger partial charge in [-0.1, -0.05) is 5.16 Å². The van der Waals surface area contributed by atoms with Crippen molar-refractivity contribution >= 4 is 0 Å². The number of hydrogen-bond donors (Lipinski definition) is 1. The van der Waals surface area contributed by atoms with Crippen LogP contribution in [0.5, 0.6) is 0 Å². The smallest absolute Gasteiger partial charge is 0.383 e. The van der Waals surface area contributed by atoms with E-state index in [9.17, 15) is 13.2 Å². The van der Waals surface area contributed by atoms with Crippen molar-refractivity contribution in [2.45, 2.75) is 25.1 Å². The van der Waals surface area contributed by atoms with E-state index < -0.39 is 18.7 Å². The van der Waals surface area contributed by atoms with Gasteiger partial charge in [-0.05, 0) is 0 Å². The average molecular weight is 284 g/mol. The van der Waals surface area contributed by atoms with Crippen LogP contribution in [0.4, 0.5) is 13.2 Å². The van der Waals surface area contributed by atoms with Crippen molar-refractivity contribution in [3.8, 4) is 0 Å². The summed E-state index contributed by atoms with van der Waals surface area (Å²) in [6.45, 7) is 1.17. The molecular formula is C10H15F3N2O4. The predicted molar refractivity (Wildman–Crippen MR) is 56.5 cm³/mol. The summed E-state index contributed by atoms with van der Waals surface area (Å²) in [6.07, 6.45) is -7.63. The molecule has 0 radical (unpaired) electrons. The van der Waals surface area contributed by atoms with Crippen LogP contribution in [0.15, 0.2) is 4.52 Å². The van der Waals surface area contributed by atoms with Gasteiger partial charge in [-0.3, -0.25) is 0 Å². The number of methoxy groups -OCH3 is 1. The van der Waals surface area contributed by atoms with E-state index in [1.54, 1.807) is 7.11 Å². The normalized spacial score (nSPS) is 13.7. The first-order chi connectivity index (χ1) is 8.93. The lowest BCUT2D eigenvalue weighted by molar-refractivity contribution is -0.204. The fraction of sp³-hybridized carbons (Fsp3) is 0.800. The lowest BCUT2D eigenvalue weighted by atomic mass is 10.2. The van der Waals surface area contributed by atoms with E-state index >= 15 is 0 Å². The molecule has 1 atom stereocenters. The largest absolute Gasteiger partial charge is 0.414 e. The molecule has 1 heterocycles. The van der Waals surface area contributed by atoms with Gasteiger partial charge in [-0.2, -0.15) is 18.2 Å². The van der Waals surface area contributed by atoms with Crippen molar-refractivity contribution < 1.29 is 32.3 Å². The molecule has 6 nitrogen and oxygen atoms in total. The van der Waals surface area contributed by atoms with Gasteiger partial charge in [-0.15, -0.1) is 0 Å². The van der Waals surface area contributed by atoms with Crippen LogP contribution in [0.1, 0.15) is 11.7 Å². The van der Waals surface area contributed by atoms with E-state index in [1.165, 1.54) is 0 Å². The Bertz CT molecular complexity index is 370. The highest BCUT2D eigenvalue weighted by molar-refractivity contribution is 4.89. The highest BCUT2D eigenvalue weighted by atomic mass is 19.4. The number of aliphatic hydroxyl groups is 1. The summed E-state index contributed by atoms with van der Waals surface area (Å²) >= 11 is 0. The number of aliphatic hydroxyl groups excluding tert-OH is 1. The van der Waals surface area contributed by atoms with E-state index in [4.69, 9.17) is 14.6 Å². The lowest BCUT2D eigenvalue weighted by Gasteiger charge is -2.11. The van der Waals surface area contributed by atoms with Crippen molar-refractivity contribution in [2.24, 2.45) is 0 Å². The molecular weight excluding hydrogens is 269 g/mol. The number of aromatic nitrogens is 2. The van der Waals surface area contributed by atoms with Crippen LogP contribution < -0.4 is 0 Å². The van der Waals surface area contributed by atoms with E-state index in [2.05, 4.69) is 14.7 Å². The second kappa shape index (κ2) is 7.41. The third-order valence-electron chi connectivity index (χ3n) is 2.16. The average Bonchev–Trinajstić information content (AvgIpc) is 2.75. The van der Waals surface area contributed by atoms with E-state index in [-0.39, 0.29) is 11.7 Å². The van der Waals surface area contributed by atoms with Crippen LogP contribution in [-0.4, -0.2) is 54.5 Å². The summed E-state index contributed by atoms with van der Waals surface area (Å²) < 4.78 is 50.8. The van der Waals surface area contributed by atoms with Gasteiger partial charge >= 0.3 is 6.18 Å². The van der Waals surface area contributed by atoms with Crippen LogP contribution in [0, 0.1) is 0 Å².